The van der Waals surface area contributed by atoms with Crippen molar-refractivity contribution in [2.24, 2.45) is 5.10 Å². The summed E-state index contributed by atoms with van der Waals surface area (Å²) in [6, 6.07) is 11.3. The zero-order valence-electron chi connectivity index (χ0n) is 15.3. The van der Waals surface area contributed by atoms with Crippen LogP contribution in [0.25, 0.3) is 0 Å². The summed E-state index contributed by atoms with van der Waals surface area (Å²) < 4.78 is 5.20. The smallest absolute Gasteiger partial charge is 0.301 e. The number of hydrogen-bond donors (Lipinski definition) is 1. The highest BCUT2D eigenvalue weighted by Gasteiger charge is 2.24. The Morgan fingerprint density at radius 1 is 1.07 bits per heavy atom. The summed E-state index contributed by atoms with van der Waals surface area (Å²) in [5, 5.41) is 26.6. The summed E-state index contributed by atoms with van der Waals surface area (Å²) in [5.41, 5.74) is 4.18. The number of methoxy groups -OCH3 is 1. The van der Waals surface area contributed by atoms with Crippen LogP contribution in [0.5, 0.6) is 5.75 Å². The fourth-order valence-corrected chi connectivity index (χ4v) is 3.34. The Morgan fingerprint density at radius 2 is 1.82 bits per heavy atom. The van der Waals surface area contributed by atoms with Crippen molar-refractivity contribution in [2.45, 2.75) is 31.6 Å². The lowest BCUT2D eigenvalue weighted by Crippen LogP contribution is -2.19. The number of anilines is 1. The van der Waals surface area contributed by atoms with E-state index in [1.54, 1.807) is 7.11 Å². The molecule has 1 N–H and O–H groups in total. The Balaban J connectivity index is 1.86. The van der Waals surface area contributed by atoms with Crippen LogP contribution in [0, 0.1) is 20.2 Å². The molecule has 1 atom stereocenters. The number of hydrazone groups is 1. The Hall–Kier alpha value is -3.49. The fourth-order valence-electron chi connectivity index (χ4n) is 3.34. The average molecular weight is 384 g/mol. The third-order valence-electron chi connectivity index (χ3n) is 4.80. The number of nitro groups is 2. The fraction of sp³-hybridized carbons (Fsp3) is 0.316. The van der Waals surface area contributed by atoms with Crippen molar-refractivity contribution in [1.82, 2.24) is 0 Å². The van der Waals surface area contributed by atoms with Crippen LogP contribution < -0.4 is 10.2 Å². The SMILES string of the molecule is COc1ccc([C@@H]2CCCC/C2=N/Nc2ccc([N+](=O)[O-])cc2[N+](=O)[O-])cc1. The number of non-ortho nitro benzene ring substituents is 1. The van der Waals surface area contributed by atoms with Gasteiger partial charge >= 0.3 is 5.69 Å². The summed E-state index contributed by atoms with van der Waals surface area (Å²) >= 11 is 0. The predicted molar refractivity (Wildman–Crippen MR) is 105 cm³/mol. The molecule has 2 aromatic rings. The molecule has 0 spiro atoms. The molecule has 0 saturated heterocycles. The van der Waals surface area contributed by atoms with Crippen LogP contribution >= 0.6 is 0 Å². The molecule has 1 fully saturated rings. The van der Waals surface area contributed by atoms with Crippen LogP contribution in [0.3, 0.4) is 0 Å². The molecule has 0 aliphatic heterocycles. The zero-order chi connectivity index (χ0) is 20.1. The van der Waals surface area contributed by atoms with Gasteiger partial charge in [-0.15, -0.1) is 0 Å². The summed E-state index contributed by atoms with van der Waals surface area (Å²) in [5.74, 6) is 0.891. The van der Waals surface area contributed by atoms with Crippen molar-refractivity contribution in [3.63, 3.8) is 0 Å². The Morgan fingerprint density at radius 3 is 2.46 bits per heavy atom. The predicted octanol–water partition coefficient (Wildman–Crippen LogP) is 4.64. The molecule has 0 heterocycles. The van der Waals surface area contributed by atoms with Crippen LogP contribution in [-0.4, -0.2) is 22.7 Å². The van der Waals surface area contributed by atoms with Crippen molar-refractivity contribution in [3.05, 3.63) is 68.3 Å². The molecule has 3 rings (SSSR count). The summed E-state index contributed by atoms with van der Waals surface area (Å²) in [6.07, 6.45) is 3.79. The number of nitro benzene ring substituents is 2. The second-order valence-corrected chi connectivity index (χ2v) is 6.50. The van der Waals surface area contributed by atoms with Gasteiger partial charge in [-0.25, -0.2) is 0 Å². The van der Waals surface area contributed by atoms with E-state index in [1.165, 1.54) is 12.1 Å². The van der Waals surface area contributed by atoms with Crippen LogP contribution in [0.4, 0.5) is 17.1 Å². The quantitative estimate of drug-likeness (QED) is 0.572. The number of nitrogens with one attached hydrogen (secondary N) is 1. The molecule has 1 aliphatic rings. The van der Waals surface area contributed by atoms with Gasteiger partial charge in [0, 0.05) is 17.7 Å². The van der Waals surface area contributed by atoms with E-state index in [1.807, 2.05) is 24.3 Å². The van der Waals surface area contributed by atoms with Gasteiger partial charge in [-0.1, -0.05) is 18.6 Å². The van der Waals surface area contributed by atoms with Gasteiger partial charge in [0.1, 0.15) is 11.4 Å². The minimum Gasteiger partial charge on any atom is -0.497 e. The molecular formula is C19H20N4O5. The van der Waals surface area contributed by atoms with Crippen molar-refractivity contribution in [2.75, 3.05) is 12.5 Å². The molecule has 146 valence electrons. The zero-order valence-corrected chi connectivity index (χ0v) is 15.3. The number of hydrogen-bond acceptors (Lipinski definition) is 7. The lowest BCUT2D eigenvalue weighted by Gasteiger charge is -2.24. The molecule has 1 saturated carbocycles. The molecule has 1 aliphatic carbocycles. The van der Waals surface area contributed by atoms with Gasteiger partial charge in [-0.2, -0.15) is 5.10 Å². The van der Waals surface area contributed by atoms with Crippen LogP contribution in [-0.2, 0) is 0 Å². The minimum absolute atomic E-state index is 0.115. The maximum atomic E-state index is 11.3. The van der Waals surface area contributed by atoms with Gasteiger partial charge < -0.3 is 4.74 Å². The van der Waals surface area contributed by atoms with Crippen molar-refractivity contribution < 1.29 is 14.6 Å². The maximum absolute atomic E-state index is 11.3. The van der Waals surface area contributed by atoms with Gasteiger partial charge in [-0.05, 0) is 43.0 Å². The molecular weight excluding hydrogens is 364 g/mol. The lowest BCUT2D eigenvalue weighted by atomic mass is 9.82. The first-order chi connectivity index (χ1) is 13.5. The van der Waals surface area contributed by atoms with Gasteiger partial charge in [0.2, 0.25) is 0 Å². The van der Waals surface area contributed by atoms with Crippen LogP contribution in [0.15, 0.2) is 47.6 Å². The van der Waals surface area contributed by atoms with E-state index in [9.17, 15) is 20.2 Å². The highest BCUT2D eigenvalue weighted by molar-refractivity contribution is 5.92. The Bertz CT molecular complexity index is 911. The summed E-state index contributed by atoms with van der Waals surface area (Å²) in [4.78, 5) is 20.8. The Labute approximate surface area is 161 Å². The second kappa shape index (κ2) is 8.47. The molecule has 28 heavy (non-hydrogen) atoms. The number of rotatable bonds is 6. The third-order valence-corrected chi connectivity index (χ3v) is 4.80. The topological polar surface area (TPSA) is 120 Å². The third kappa shape index (κ3) is 4.25. The van der Waals surface area contributed by atoms with E-state index in [0.717, 1.165) is 48.8 Å². The molecule has 0 aromatic heterocycles. The van der Waals surface area contributed by atoms with E-state index in [4.69, 9.17) is 4.74 Å². The molecule has 0 radical (unpaired) electrons. The van der Waals surface area contributed by atoms with E-state index in [-0.39, 0.29) is 23.0 Å². The maximum Gasteiger partial charge on any atom is 0.301 e. The first-order valence-corrected chi connectivity index (χ1v) is 8.89. The molecule has 9 nitrogen and oxygen atoms in total. The monoisotopic (exact) mass is 384 g/mol. The summed E-state index contributed by atoms with van der Waals surface area (Å²) in [6.45, 7) is 0. The molecule has 0 unspecified atom stereocenters. The van der Waals surface area contributed by atoms with E-state index >= 15 is 0 Å². The standard InChI is InChI=1S/C19H20N4O5/c1-28-15-9-6-13(7-10-15)16-4-2-3-5-17(16)20-21-18-11-8-14(22(24)25)12-19(18)23(26)27/h6-12,16,21H,2-5H2,1H3/b20-17-/t16-/m0/s1. The summed E-state index contributed by atoms with van der Waals surface area (Å²) in [7, 11) is 1.61. The highest BCUT2D eigenvalue weighted by atomic mass is 16.6. The number of benzene rings is 2. The van der Waals surface area contributed by atoms with Crippen molar-refractivity contribution in [3.8, 4) is 5.75 Å². The van der Waals surface area contributed by atoms with Crippen molar-refractivity contribution in [1.29, 1.82) is 0 Å². The molecule has 2 aromatic carbocycles. The molecule has 0 bridgehead atoms. The van der Waals surface area contributed by atoms with Crippen LogP contribution in [0.1, 0.15) is 37.2 Å². The van der Waals surface area contributed by atoms with Gasteiger partial charge in [-0.3, -0.25) is 25.7 Å². The van der Waals surface area contributed by atoms with E-state index in [2.05, 4.69) is 10.5 Å². The average Bonchev–Trinajstić information content (AvgIpc) is 2.72. The largest absolute Gasteiger partial charge is 0.497 e. The normalized spacial score (nSPS) is 17.9. The van der Waals surface area contributed by atoms with Crippen LogP contribution in [0.2, 0.25) is 0 Å². The molecule has 0 amide bonds. The van der Waals surface area contributed by atoms with E-state index in [0.29, 0.717) is 0 Å². The number of ether oxygens (including phenoxy) is 1. The molecule has 9 heteroatoms. The van der Waals surface area contributed by atoms with Gasteiger partial charge in [0.05, 0.1) is 23.0 Å². The minimum atomic E-state index is -0.663. The number of nitrogens with zero attached hydrogens (tertiary/aromatic N) is 3. The van der Waals surface area contributed by atoms with Gasteiger partial charge in [0.25, 0.3) is 5.69 Å². The Kier molecular flexibility index (Phi) is 5.83. The first-order valence-electron chi connectivity index (χ1n) is 8.89. The second-order valence-electron chi connectivity index (χ2n) is 6.50. The lowest BCUT2D eigenvalue weighted by molar-refractivity contribution is -0.393. The first kappa shape index (κ1) is 19.3. The highest BCUT2D eigenvalue weighted by Crippen LogP contribution is 2.33. The van der Waals surface area contributed by atoms with E-state index < -0.39 is 9.85 Å². The van der Waals surface area contributed by atoms with Gasteiger partial charge in [0.15, 0.2) is 0 Å². The van der Waals surface area contributed by atoms with Crippen molar-refractivity contribution >= 4 is 22.8 Å².